The molecule has 2 aromatic carbocycles. The normalized spacial score (nSPS) is 13.3. The monoisotopic (exact) mass is 404 g/mol. The first-order valence-corrected chi connectivity index (χ1v) is 10.5. The fraction of sp³-hybridized carbons (Fsp3) is 0.350. The summed E-state index contributed by atoms with van der Waals surface area (Å²) in [5.41, 5.74) is 2.99. The maximum atomic E-state index is 13.0. The maximum absolute atomic E-state index is 13.0. The number of carbonyl (C=O) groups excluding carboxylic acids is 1. The lowest BCUT2D eigenvalue weighted by molar-refractivity contribution is -0.122. The molecular formula is C20H24N2O5S. The topological polar surface area (TPSA) is 84.9 Å². The van der Waals surface area contributed by atoms with Gasteiger partial charge in [-0.3, -0.25) is 9.52 Å². The van der Waals surface area contributed by atoms with Crippen LogP contribution in [0.25, 0.3) is 0 Å². The molecule has 1 amide bonds. The summed E-state index contributed by atoms with van der Waals surface area (Å²) in [6, 6.07) is 10.3. The van der Waals surface area contributed by atoms with Crippen LogP contribution in [0, 0.1) is 0 Å². The highest BCUT2D eigenvalue weighted by Gasteiger charge is 2.26. The Morgan fingerprint density at radius 1 is 1.18 bits per heavy atom. The highest BCUT2D eigenvalue weighted by molar-refractivity contribution is 7.92. The standard InChI is InChI=1S/C20H24N2O5S/c1-4-14-5-8-18(27-3)19(11-14)28(24,25)21-16-7-6-15-9-10-22(17(15)12-16)20(23)13-26-2/h5-8,11-12,21H,4,9-10,13H2,1-3H3. The number of aryl methyl sites for hydroxylation is 1. The summed E-state index contributed by atoms with van der Waals surface area (Å²) in [6.45, 7) is 2.49. The molecule has 7 nitrogen and oxygen atoms in total. The van der Waals surface area contributed by atoms with Crippen LogP contribution in [0.15, 0.2) is 41.3 Å². The van der Waals surface area contributed by atoms with Crippen molar-refractivity contribution in [3.63, 3.8) is 0 Å². The summed E-state index contributed by atoms with van der Waals surface area (Å²) in [5.74, 6) is 0.126. The number of amides is 1. The molecule has 0 saturated heterocycles. The zero-order chi connectivity index (χ0) is 20.3. The Morgan fingerprint density at radius 2 is 1.96 bits per heavy atom. The van der Waals surface area contributed by atoms with Gasteiger partial charge in [-0.2, -0.15) is 0 Å². The number of hydrogen-bond donors (Lipinski definition) is 1. The van der Waals surface area contributed by atoms with E-state index in [1.165, 1.54) is 14.2 Å². The summed E-state index contributed by atoms with van der Waals surface area (Å²) in [4.78, 5) is 13.9. The van der Waals surface area contributed by atoms with Crippen LogP contribution in [0.3, 0.4) is 0 Å². The minimum Gasteiger partial charge on any atom is -0.495 e. The van der Waals surface area contributed by atoms with Crippen molar-refractivity contribution in [2.24, 2.45) is 0 Å². The largest absolute Gasteiger partial charge is 0.495 e. The highest BCUT2D eigenvalue weighted by Crippen LogP contribution is 2.33. The third-order valence-corrected chi connectivity index (χ3v) is 6.13. The van der Waals surface area contributed by atoms with Crippen molar-refractivity contribution in [3.05, 3.63) is 47.5 Å². The number of methoxy groups -OCH3 is 2. The van der Waals surface area contributed by atoms with Gasteiger partial charge in [0, 0.05) is 19.3 Å². The van der Waals surface area contributed by atoms with Gasteiger partial charge in [-0.1, -0.05) is 19.1 Å². The van der Waals surface area contributed by atoms with Crippen molar-refractivity contribution < 1.29 is 22.7 Å². The van der Waals surface area contributed by atoms with E-state index in [2.05, 4.69) is 4.72 Å². The number of ether oxygens (including phenoxy) is 2. The number of nitrogens with one attached hydrogen (secondary N) is 1. The van der Waals surface area contributed by atoms with Crippen LogP contribution in [-0.4, -0.2) is 41.7 Å². The molecule has 0 saturated carbocycles. The van der Waals surface area contributed by atoms with Gasteiger partial charge in [0.2, 0.25) is 0 Å². The van der Waals surface area contributed by atoms with Crippen LogP contribution >= 0.6 is 0 Å². The van der Waals surface area contributed by atoms with E-state index in [-0.39, 0.29) is 23.2 Å². The van der Waals surface area contributed by atoms with Crippen LogP contribution < -0.4 is 14.4 Å². The first-order chi connectivity index (χ1) is 13.4. The lowest BCUT2D eigenvalue weighted by atomic mass is 10.1. The number of benzene rings is 2. The van der Waals surface area contributed by atoms with Crippen molar-refractivity contribution in [1.29, 1.82) is 0 Å². The van der Waals surface area contributed by atoms with Gasteiger partial charge in [-0.25, -0.2) is 8.42 Å². The van der Waals surface area contributed by atoms with Crippen LogP contribution in [0.2, 0.25) is 0 Å². The third kappa shape index (κ3) is 3.98. The van der Waals surface area contributed by atoms with Gasteiger partial charge in [0.25, 0.3) is 15.9 Å². The van der Waals surface area contributed by atoms with Gasteiger partial charge in [0.05, 0.1) is 12.8 Å². The van der Waals surface area contributed by atoms with Crippen molar-refractivity contribution >= 4 is 27.3 Å². The molecular weight excluding hydrogens is 380 g/mol. The molecule has 150 valence electrons. The zero-order valence-corrected chi connectivity index (χ0v) is 17.0. The average Bonchev–Trinajstić information content (AvgIpc) is 3.10. The van der Waals surface area contributed by atoms with Gasteiger partial charge < -0.3 is 14.4 Å². The molecule has 0 unspecified atom stereocenters. The first kappa shape index (κ1) is 20.2. The second kappa shape index (κ2) is 8.20. The lowest BCUT2D eigenvalue weighted by Gasteiger charge is -2.18. The van der Waals surface area contributed by atoms with Gasteiger partial charge in [0.15, 0.2) is 0 Å². The number of fused-ring (bicyclic) bond motifs is 1. The first-order valence-electron chi connectivity index (χ1n) is 9.01. The van der Waals surface area contributed by atoms with E-state index in [4.69, 9.17) is 9.47 Å². The summed E-state index contributed by atoms with van der Waals surface area (Å²) in [7, 11) is -0.949. The van der Waals surface area contributed by atoms with Gasteiger partial charge >= 0.3 is 0 Å². The van der Waals surface area contributed by atoms with Gasteiger partial charge in [0.1, 0.15) is 17.3 Å². The third-order valence-electron chi connectivity index (χ3n) is 4.73. The molecule has 0 atom stereocenters. The molecule has 0 aliphatic carbocycles. The van der Waals surface area contributed by atoms with E-state index < -0.39 is 10.0 Å². The number of carbonyl (C=O) groups is 1. The van der Waals surface area contributed by atoms with Gasteiger partial charge in [-0.15, -0.1) is 0 Å². The molecule has 1 heterocycles. The second-order valence-corrected chi connectivity index (χ2v) is 8.17. The van der Waals surface area contributed by atoms with Crippen LogP contribution in [0.1, 0.15) is 18.1 Å². The van der Waals surface area contributed by atoms with Crippen LogP contribution in [-0.2, 0) is 32.4 Å². The Hall–Kier alpha value is -2.58. The fourth-order valence-electron chi connectivity index (χ4n) is 3.26. The van der Waals surface area contributed by atoms with Crippen LogP contribution in [0.5, 0.6) is 5.75 Å². The second-order valence-electron chi connectivity index (χ2n) is 6.52. The molecule has 0 fully saturated rings. The molecule has 8 heteroatoms. The van der Waals surface area contributed by atoms with Crippen molar-refractivity contribution in [2.45, 2.75) is 24.7 Å². The van der Waals surface area contributed by atoms with E-state index in [1.807, 2.05) is 19.1 Å². The predicted octanol–water partition coefficient (Wildman–Crippen LogP) is 2.59. The molecule has 0 radical (unpaired) electrons. The Balaban J connectivity index is 1.92. The van der Waals surface area contributed by atoms with E-state index in [0.29, 0.717) is 24.3 Å². The van der Waals surface area contributed by atoms with Crippen LogP contribution in [0.4, 0.5) is 11.4 Å². The molecule has 1 aliphatic heterocycles. The maximum Gasteiger partial charge on any atom is 0.265 e. The molecule has 0 spiro atoms. The minimum absolute atomic E-state index is 0.0175. The fourth-order valence-corrected chi connectivity index (χ4v) is 4.53. The zero-order valence-electron chi connectivity index (χ0n) is 16.2. The number of rotatable bonds is 7. The molecule has 28 heavy (non-hydrogen) atoms. The smallest absolute Gasteiger partial charge is 0.265 e. The van der Waals surface area contributed by atoms with Crippen molar-refractivity contribution in [3.8, 4) is 5.75 Å². The SMILES string of the molecule is CCc1ccc(OC)c(S(=O)(=O)Nc2ccc3c(c2)N(C(=O)COC)CC3)c1. The molecule has 2 aromatic rings. The molecule has 0 bridgehead atoms. The number of nitrogens with zero attached hydrogens (tertiary/aromatic N) is 1. The highest BCUT2D eigenvalue weighted by atomic mass is 32.2. The van der Waals surface area contributed by atoms with Gasteiger partial charge in [-0.05, 0) is 48.2 Å². The number of sulfonamides is 1. The summed E-state index contributed by atoms with van der Waals surface area (Å²) >= 11 is 0. The molecule has 0 aromatic heterocycles. The number of anilines is 2. The van der Waals surface area contributed by atoms with E-state index >= 15 is 0 Å². The predicted molar refractivity (Wildman–Crippen MR) is 108 cm³/mol. The minimum atomic E-state index is -3.86. The quantitative estimate of drug-likeness (QED) is 0.767. The summed E-state index contributed by atoms with van der Waals surface area (Å²) in [5, 5.41) is 0. The van der Waals surface area contributed by atoms with Crippen molar-refractivity contribution in [1.82, 2.24) is 0 Å². The summed E-state index contributed by atoms with van der Waals surface area (Å²) in [6.07, 6.45) is 1.44. The van der Waals surface area contributed by atoms with E-state index in [1.54, 1.807) is 29.2 Å². The number of hydrogen-bond acceptors (Lipinski definition) is 5. The Morgan fingerprint density at radius 3 is 2.64 bits per heavy atom. The molecule has 1 aliphatic rings. The Labute approximate surface area is 165 Å². The van der Waals surface area contributed by atoms with Crippen molar-refractivity contribution in [2.75, 3.05) is 37.0 Å². The lowest BCUT2D eigenvalue weighted by Crippen LogP contribution is -2.32. The molecule has 3 rings (SSSR count). The average molecular weight is 404 g/mol. The van der Waals surface area contributed by atoms with E-state index in [0.717, 1.165) is 17.5 Å². The Bertz CT molecular complexity index is 988. The Kier molecular flexibility index (Phi) is 5.90. The molecule has 1 N–H and O–H groups in total. The van der Waals surface area contributed by atoms with E-state index in [9.17, 15) is 13.2 Å². The summed E-state index contributed by atoms with van der Waals surface area (Å²) < 4.78 is 38.7.